The molecule has 0 atom stereocenters. The second-order valence-corrected chi connectivity index (χ2v) is 5.62. The molecule has 2 aromatic rings. The summed E-state index contributed by atoms with van der Waals surface area (Å²) in [6.45, 7) is 2.64. The van der Waals surface area contributed by atoms with Crippen LogP contribution in [-0.2, 0) is 17.8 Å². The van der Waals surface area contributed by atoms with E-state index < -0.39 is 0 Å². The fraction of sp³-hybridized carbons (Fsp3) is 0.294. The summed E-state index contributed by atoms with van der Waals surface area (Å²) < 4.78 is 6.66. The number of pyridine rings is 1. The molecule has 122 valence electrons. The molecule has 0 unspecified atom stereocenters. The van der Waals surface area contributed by atoms with Crippen LogP contribution in [-0.4, -0.2) is 24.1 Å². The van der Waals surface area contributed by atoms with Crippen molar-refractivity contribution in [3.63, 3.8) is 0 Å². The van der Waals surface area contributed by atoms with Gasteiger partial charge in [-0.15, -0.1) is 0 Å². The molecule has 0 spiro atoms. The van der Waals surface area contributed by atoms with Gasteiger partial charge in [-0.25, -0.2) is 0 Å². The first-order valence-electron chi connectivity index (χ1n) is 7.26. The molecule has 6 heteroatoms. The van der Waals surface area contributed by atoms with Crippen LogP contribution in [0.15, 0.2) is 41.2 Å². The van der Waals surface area contributed by atoms with E-state index in [1.54, 1.807) is 22.8 Å². The predicted molar refractivity (Wildman–Crippen MR) is 90.2 cm³/mol. The summed E-state index contributed by atoms with van der Waals surface area (Å²) in [4.78, 5) is 23.9. The molecule has 0 saturated heterocycles. The normalized spacial score (nSPS) is 10.4. The minimum absolute atomic E-state index is 0.0912. The second-order valence-electron chi connectivity index (χ2n) is 5.18. The molecule has 1 amide bonds. The van der Waals surface area contributed by atoms with Crippen LogP contribution >= 0.6 is 11.6 Å². The number of carbonyl (C=O) groups excluding carboxylic acids is 1. The maximum absolute atomic E-state index is 12.0. The predicted octanol–water partition coefficient (Wildman–Crippen LogP) is 2.18. The fourth-order valence-electron chi connectivity index (χ4n) is 2.26. The first-order valence-corrected chi connectivity index (χ1v) is 7.64. The van der Waals surface area contributed by atoms with E-state index in [2.05, 4.69) is 5.32 Å². The Hall–Kier alpha value is -2.27. The number of aryl methyl sites for hydroxylation is 1. The van der Waals surface area contributed by atoms with Gasteiger partial charge in [0.15, 0.2) is 0 Å². The lowest BCUT2D eigenvalue weighted by atomic mass is 10.1. The van der Waals surface area contributed by atoms with E-state index in [1.165, 1.54) is 13.2 Å². The number of ether oxygens (including phenoxy) is 1. The molecule has 0 aliphatic rings. The number of rotatable bonds is 6. The molecular weight excluding hydrogens is 316 g/mol. The first-order chi connectivity index (χ1) is 11.0. The van der Waals surface area contributed by atoms with E-state index in [4.69, 9.17) is 16.3 Å². The lowest BCUT2D eigenvalue weighted by Gasteiger charge is -2.12. The number of hydrogen-bond acceptors (Lipinski definition) is 3. The van der Waals surface area contributed by atoms with Crippen molar-refractivity contribution in [1.29, 1.82) is 0 Å². The summed E-state index contributed by atoms with van der Waals surface area (Å²) in [5.74, 6) is 0.446. The highest BCUT2D eigenvalue weighted by Crippen LogP contribution is 2.10. The molecule has 1 N–H and O–H groups in total. The Labute approximate surface area is 139 Å². The van der Waals surface area contributed by atoms with Crippen LogP contribution < -0.4 is 15.6 Å². The van der Waals surface area contributed by atoms with Crippen LogP contribution in [0.3, 0.4) is 0 Å². The average molecular weight is 335 g/mol. The van der Waals surface area contributed by atoms with E-state index in [-0.39, 0.29) is 17.9 Å². The fourth-order valence-corrected chi connectivity index (χ4v) is 2.39. The number of amides is 1. The van der Waals surface area contributed by atoms with Crippen LogP contribution in [0.4, 0.5) is 0 Å². The Morgan fingerprint density at radius 2 is 1.96 bits per heavy atom. The lowest BCUT2D eigenvalue weighted by Crippen LogP contribution is -2.32. The van der Waals surface area contributed by atoms with Crippen molar-refractivity contribution in [1.82, 2.24) is 9.88 Å². The molecule has 23 heavy (non-hydrogen) atoms. The highest BCUT2D eigenvalue weighted by molar-refractivity contribution is 6.30. The third-order valence-electron chi connectivity index (χ3n) is 3.48. The van der Waals surface area contributed by atoms with Crippen molar-refractivity contribution in [2.45, 2.75) is 19.9 Å². The average Bonchev–Trinajstić information content (AvgIpc) is 2.52. The monoisotopic (exact) mass is 334 g/mol. The molecule has 0 radical (unpaired) electrons. The lowest BCUT2D eigenvalue weighted by molar-refractivity contribution is -0.120. The van der Waals surface area contributed by atoms with Gasteiger partial charge in [-0.1, -0.05) is 23.7 Å². The van der Waals surface area contributed by atoms with Gasteiger partial charge in [0.1, 0.15) is 5.75 Å². The van der Waals surface area contributed by atoms with Crippen LogP contribution in [0, 0.1) is 6.92 Å². The van der Waals surface area contributed by atoms with Crippen molar-refractivity contribution in [3.8, 4) is 5.75 Å². The van der Waals surface area contributed by atoms with E-state index in [9.17, 15) is 9.59 Å². The number of hydrogen-bond donors (Lipinski definition) is 1. The van der Waals surface area contributed by atoms with Gasteiger partial charge >= 0.3 is 0 Å². The Bertz CT molecular complexity index is 738. The Morgan fingerprint density at radius 1 is 1.26 bits per heavy atom. The first kappa shape index (κ1) is 17.1. The van der Waals surface area contributed by atoms with Gasteiger partial charge in [-0.2, -0.15) is 0 Å². The minimum atomic E-state index is -0.145. The summed E-state index contributed by atoms with van der Waals surface area (Å²) in [7, 11) is 1.52. The molecule has 0 bridgehead atoms. The number of methoxy groups -OCH3 is 1. The van der Waals surface area contributed by atoms with Gasteiger partial charge in [-0.05, 0) is 30.7 Å². The highest BCUT2D eigenvalue weighted by atomic mass is 35.5. The zero-order valence-electron chi connectivity index (χ0n) is 13.1. The smallest absolute Gasteiger partial charge is 0.254 e. The summed E-state index contributed by atoms with van der Waals surface area (Å²) in [5, 5.41) is 3.46. The molecule has 0 saturated carbocycles. The quantitative estimate of drug-likeness (QED) is 0.880. The molecule has 2 rings (SSSR count). The van der Waals surface area contributed by atoms with Crippen molar-refractivity contribution >= 4 is 17.5 Å². The van der Waals surface area contributed by atoms with Crippen molar-refractivity contribution < 1.29 is 9.53 Å². The number of halogens is 1. The minimum Gasteiger partial charge on any atom is -0.496 e. The molecule has 1 aromatic heterocycles. The molecular formula is C17H19ClN2O3. The number of benzene rings is 1. The standard InChI is InChI=1S/C17H19ClN2O3/c1-12-9-15(23-2)11-17(22)20(12)8-7-19-16(21)10-13-3-5-14(18)6-4-13/h3-6,9,11H,7-8,10H2,1-2H3,(H,19,21). The Kier molecular flexibility index (Phi) is 5.82. The third kappa shape index (κ3) is 4.86. The van der Waals surface area contributed by atoms with Crippen LogP contribution in [0.25, 0.3) is 0 Å². The molecule has 0 fully saturated rings. The SMILES string of the molecule is COc1cc(C)n(CCNC(=O)Cc2ccc(Cl)cc2)c(=O)c1. The molecule has 1 aromatic carbocycles. The highest BCUT2D eigenvalue weighted by Gasteiger charge is 2.06. The zero-order valence-corrected chi connectivity index (χ0v) is 13.9. The van der Waals surface area contributed by atoms with Crippen molar-refractivity contribution in [2.24, 2.45) is 0 Å². The Morgan fingerprint density at radius 3 is 2.57 bits per heavy atom. The molecule has 0 aliphatic heterocycles. The van der Waals surface area contributed by atoms with Crippen LogP contribution in [0.1, 0.15) is 11.3 Å². The van der Waals surface area contributed by atoms with Gasteiger partial charge in [-0.3, -0.25) is 9.59 Å². The number of aromatic nitrogens is 1. The largest absolute Gasteiger partial charge is 0.496 e. The van der Waals surface area contributed by atoms with Crippen molar-refractivity contribution in [2.75, 3.05) is 13.7 Å². The van der Waals surface area contributed by atoms with E-state index in [0.717, 1.165) is 11.3 Å². The zero-order chi connectivity index (χ0) is 16.8. The number of nitrogens with zero attached hydrogens (tertiary/aromatic N) is 1. The van der Waals surface area contributed by atoms with Gasteiger partial charge < -0.3 is 14.6 Å². The van der Waals surface area contributed by atoms with E-state index in [0.29, 0.717) is 23.9 Å². The van der Waals surface area contributed by atoms with Gasteiger partial charge in [0.2, 0.25) is 5.91 Å². The summed E-state index contributed by atoms with van der Waals surface area (Å²) in [6, 6.07) is 10.4. The molecule has 5 nitrogen and oxygen atoms in total. The number of nitrogens with one attached hydrogen (secondary N) is 1. The topological polar surface area (TPSA) is 60.3 Å². The number of carbonyl (C=O) groups is 1. The van der Waals surface area contributed by atoms with Gasteiger partial charge in [0, 0.05) is 29.9 Å². The van der Waals surface area contributed by atoms with Crippen molar-refractivity contribution in [3.05, 3.63) is 63.0 Å². The van der Waals surface area contributed by atoms with E-state index >= 15 is 0 Å². The summed E-state index contributed by atoms with van der Waals surface area (Å²) >= 11 is 5.81. The second kappa shape index (κ2) is 7.83. The summed E-state index contributed by atoms with van der Waals surface area (Å²) in [6.07, 6.45) is 0.285. The van der Waals surface area contributed by atoms with Crippen LogP contribution in [0.5, 0.6) is 5.75 Å². The van der Waals surface area contributed by atoms with Gasteiger partial charge in [0.25, 0.3) is 5.56 Å². The maximum atomic E-state index is 12.0. The van der Waals surface area contributed by atoms with Crippen LogP contribution in [0.2, 0.25) is 5.02 Å². The molecule has 1 heterocycles. The Balaban J connectivity index is 1.88. The third-order valence-corrected chi connectivity index (χ3v) is 3.73. The summed E-state index contributed by atoms with van der Waals surface area (Å²) in [5.41, 5.74) is 1.54. The van der Waals surface area contributed by atoms with E-state index in [1.807, 2.05) is 19.1 Å². The van der Waals surface area contributed by atoms with Gasteiger partial charge in [0.05, 0.1) is 13.5 Å². The molecule has 0 aliphatic carbocycles. The maximum Gasteiger partial charge on any atom is 0.254 e.